The van der Waals surface area contributed by atoms with Gasteiger partial charge in [-0.15, -0.1) is 0 Å². The number of carbonyl (C=O) groups excluding carboxylic acids is 1. The molecule has 0 fully saturated rings. The van der Waals surface area contributed by atoms with Crippen LogP contribution >= 0.6 is 0 Å². The first kappa shape index (κ1) is 24.9. The molecule has 4 aromatic rings. The Hall–Kier alpha value is -4.19. The van der Waals surface area contributed by atoms with Crippen molar-refractivity contribution in [2.24, 2.45) is 0 Å². The normalized spacial score (nSPS) is 12.3. The maximum Gasteiger partial charge on any atom is 0.244 e. The summed E-state index contributed by atoms with van der Waals surface area (Å²) in [7, 11) is 4.89. The fourth-order valence-corrected chi connectivity index (χ4v) is 4.46. The van der Waals surface area contributed by atoms with Gasteiger partial charge in [0.2, 0.25) is 5.91 Å². The molecule has 0 aliphatic heterocycles. The first-order valence-corrected chi connectivity index (χ1v) is 11.7. The van der Waals surface area contributed by atoms with Crippen molar-refractivity contribution in [3.63, 3.8) is 0 Å². The molecule has 0 aliphatic rings. The first-order valence-electron chi connectivity index (χ1n) is 11.7. The minimum Gasteiger partial charge on any atom is -0.497 e. The third-order valence-corrected chi connectivity index (χ3v) is 6.38. The molecule has 6 heteroatoms. The molecule has 0 bridgehead atoms. The molecule has 0 radical (unpaired) electrons. The molecule has 4 rings (SSSR count). The summed E-state index contributed by atoms with van der Waals surface area (Å²) < 4.78 is 22.8. The second-order valence-electron chi connectivity index (χ2n) is 8.64. The van der Waals surface area contributed by atoms with Gasteiger partial charge in [-0.1, -0.05) is 30.3 Å². The number of methoxy groups -OCH3 is 3. The molecule has 0 spiro atoms. The highest BCUT2D eigenvalue weighted by Gasteiger charge is 2.21. The van der Waals surface area contributed by atoms with Gasteiger partial charge in [-0.25, -0.2) is 0 Å². The van der Waals surface area contributed by atoms with Gasteiger partial charge in [0, 0.05) is 33.7 Å². The molecule has 1 atom stereocenters. The predicted octanol–water partition coefficient (Wildman–Crippen LogP) is 6.71. The lowest BCUT2D eigenvalue weighted by Crippen LogP contribution is -2.24. The van der Waals surface area contributed by atoms with Gasteiger partial charge in [-0.05, 0) is 56.2 Å². The van der Waals surface area contributed by atoms with Gasteiger partial charge in [0.1, 0.15) is 22.8 Å². The molecule has 0 aliphatic carbocycles. The summed E-state index contributed by atoms with van der Waals surface area (Å²) in [6.07, 6.45) is 3.32. The zero-order valence-corrected chi connectivity index (χ0v) is 21.5. The summed E-state index contributed by atoms with van der Waals surface area (Å²) in [5.41, 5.74) is 5.91. The number of rotatable bonds is 8. The van der Waals surface area contributed by atoms with Crippen molar-refractivity contribution in [2.75, 3.05) is 21.3 Å². The lowest BCUT2D eigenvalue weighted by molar-refractivity contribution is -0.117. The fraction of sp³-hybridized carbons (Fsp3) is 0.233. The van der Waals surface area contributed by atoms with Gasteiger partial charge in [-0.2, -0.15) is 0 Å². The summed E-state index contributed by atoms with van der Waals surface area (Å²) >= 11 is 0. The number of hydrogen-bond acceptors (Lipinski definition) is 5. The van der Waals surface area contributed by atoms with Crippen molar-refractivity contribution in [3.05, 3.63) is 83.6 Å². The number of carbonyl (C=O) groups is 1. The predicted molar refractivity (Wildman–Crippen MR) is 143 cm³/mol. The van der Waals surface area contributed by atoms with E-state index in [-0.39, 0.29) is 11.9 Å². The highest BCUT2D eigenvalue weighted by Crippen LogP contribution is 2.43. The Morgan fingerprint density at radius 2 is 1.72 bits per heavy atom. The summed E-state index contributed by atoms with van der Waals surface area (Å²) in [5, 5.41) is 3.93. The average molecular weight is 486 g/mol. The average Bonchev–Trinajstić information content (AvgIpc) is 3.32. The van der Waals surface area contributed by atoms with Crippen molar-refractivity contribution >= 4 is 22.4 Å². The van der Waals surface area contributed by atoms with Crippen LogP contribution in [0.4, 0.5) is 0 Å². The molecular weight excluding hydrogens is 454 g/mol. The molecule has 1 aromatic heterocycles. The Bertz CT molecular complexity index is 1420. The number of ether oxygens (including phenoxy) is 3. The van der Waals surface area contributed by atoms with Crippen molar-refractivity contribution in [1.82, 2.24) is 5.32 Å². The number of fused-ring (bicyclic) bond motifs is 1. The molecule has 6 nitrogen and oxygen atoms in total. The number of hydrogen-bond donors (Lipinski definition) is 1. The summed E-state index contributed by atoms with van der Waals surface area (Å²) in [4.78, 5) is 12.9. The second-order valence-corrected chi connectivity index (χ2v) is 8.64. The maximum absolute atomic E-state index is 12.9. The molecule has 186 valence electrons. The van der Waals surface area contributed by atoms with Gasteiger partial charge >= 0.3 is 0 Å². The van der Waals surface area contributed by atoms with Crippen molar-refractivity contribution in [3.8, 4) is 28.4 Å². The first-order chi connectivity index (χ1) is 17.4. The second kappa shape index (κ2) is 10.6. The van der Waals surface area contributed by atoms with E-state index in [1.165, 1.54) is 0 Å². The van der Waals surface area contributed by atoms with E-state index in [2.05, 4.69) is 5.32 Å². The minimum absolute atomic E-state index is 0.116. The summed E-state index contributed by atoms with van der Waals surface area (Å²) in [5.74, 6) is 1.91. The number of benzene rings is 3. The topological polar surface area (TPSA) is 69.9 Å². The van der Waals surface area contributed by atoms with Crippen LogP contribution < -0.4 is 19.5 Å². The van der Waals surface area contributed by atoms with Crippen LogP contribution in [-0.2, 0) is 4.79 Å². The number of amides is 1. The standard InChI is InChI=1S/C30H31NO5/c1-18(14-28(32)31-20(3)21-10-8-7-9-11-21)23-16-25-26(17-36-30(25)19(2)29(23)35-6)24-15-22(33-4)12-13-27(24)34-5/h7-17,20H,1-6H3,(H,31,32)/b18-14+. The largest absolute Gasteiger partial charge is 0.497 e. The lowest BCUT2D eigenvalue weighted by Gasteiger charge is -2.15. The monoisotopic (exact) mass is 485 g/mol. The third kappa shape index (κ3) is 4.80. The zero-order chi connectivity index (χ0) is 25.8. The maximum atomic E-state index is 12.9. The van der Waals surface area contributed by atoms with E-state index in [0.29, 0.717) is 22.8 Å². The Labute approximate surface area is 211 Å². The van der Waals surface area contributed by atoms with Crippen LogP contribution in [0.15, 0.2) is 71.4 Å². The highest BCUT2D eigenvalue weighted by atomic mass is 16.5. The number of nitrogens with one attached hydrogen (secondary N) is 1. The SMILES string of the molecule is COc1ccc(OC)c(-c2coc3c(C)c(OC)c(/C(C)=C/C(=O)NC(C)c4ccccc4)cc23)c1. The molecule has 1 N–H and O–H groups in total. The van der Waals surface area contributed by atoms with Gasteiger partial charge < -0.3 is 23.9 Å². The van der Waals surface area contributed by atoms with Crippen molar-refractivity contribution in [1.29, 1.82) is 0 Å². The molecule has 1 amide bonds. The fourth-order valence-electron chi connectivity index (χ4n) is 4.46. The Morgan fingerprint density at radius 3 is 2.39 bits per heavy atom. The molecular formula is C30H31NO5. The Kier molecular flexibility index (Phi) is 7.34. The van der Waals surface area contributed by atoms with Gasteiger partial charge in [0.25, 0.3) is 0 Å². The van der Waals surface area contributed by atoms with E-state index in [1.807, 2.05) is 75.4 Å². The summed E-state index contributed by atoms with van der Waals surface area (Å²) in [6.45, 7) is 5.82. The lowest BCUT2D eigenvalue weighted by atomic mass is 9.96. The zero-order valence-electron chi connectivity index (χ0n) is 21.5. The van der Waals surface area contributed by atoms with Crippen LogP contribution in [0, 0.1) is 6.92 Å². The van der Waals surface area contributed by atoms with Crippen LogP contribution in [-0.4, -0.2) is 27.2 Å². The Morgan fingerprint density at radius 1 is 0.972 bits per heavy atom. The minimum atomic E-state index is -0.175. The van der Waals surface area contributed by atoms with E-state index >= 15 is 0 Å². The molecule has 3 aromatic carbocycles. The van der Waals surface area contributed by atoms with Crippen molar-refractivity contribution < 1.29 is 23.4 Å². The van der Waals surface area contributed by atoms with E-state index in [9.17, 15) is 4.79 Å². The molecule has 1 heterocycles. The molecule has 0 saturated carbocycles. The quantitative estimate of drug-likeness (QED) is 0.281. The highest BCUT2D eigenvalue weighted by molar-refractivity contribution is 6.02. The third-order valence-electron chi connectivity index (χ3n) is 6.38. The van der Waals surface area contributed by atoms with Gasteiger partial charge in [0.15, 0.2) is 0 Å². The van der Waals surface area contributed by atoms with Gasteiger partial charge in [-0.3, -0.25) is 4.79 Å². The van der Waals surface area contributed by atoms with E-state index < -0.39 is 0 Å². The van der Waals surface area contributed by atoms with Crippen LogP contribution in [0.1, 0.15) is 36.6 Å². The van der Waals surface area contributed by atoms with E-state index in [1.54, 1.807) is 33.7 Å². The van der Waals surface area contributed by atoms with Crippen LogP contribution in [0.5, 0.6) is 17.2 Å². The van der Waals surface area contributed by atoms with E-state index in [4.69, 9.17) is 18.6 Å². The summed E-state index contributed by atoms with van der Waals surface area (Å²) in [6, 6.07) is 17.4. The molecule has 36 heavy (non-hydrogen) atoms. The van der Waals surface area contributed by atoms with E-state index in [0.717, 1.165) is 38.8 Å². The van der Waals surface area contributed by atoms with Crippen LogP contribution in [0.3, 0.4) is 0 Å². The van der Waals surface area contributed by atoms with Crippen LogP contribution in [0.25, 0.3) is 27.7 Å². The number of allylic oxidation sites excluding steroid dienone is 1. The number of aryl methyl sites for hydroxylation is 1. The van der Waals surface area contributed by atoms with Crippen molar-refractivity contribution in [2.45, 2.75) is 26.8 Å². The number of furan rings is 1. The smallest absolute Gasteiger partial charge is 0.244 e. The molecule has 0 saturated heterocycles. The van der Waals surface area contributed by atoms with Gasteiger partial charge in [0.05, 0.1) is 33.6 Å². The molecule has 1 unspecified atom stereocenters. The Balaban J connectivity index is 1.77. The van der Waals surface area contributed by atoms with Crippen LogP contribution in [0.2, 0.25) is 0 Å².